The van der Waals surface area contributed by atoms with Crippen LogP contribution in [0.1, 0.15) is 42.6 Å². The van der Waals surface area contributed by atoms with E-state index in [9.17, 15) is 9.18 Å². The Morgan fingerprint density at radius 2 is 1.73 bits per heavy atom. The number of carbonyl (C=O) groups is 1. The number of hydrogen-bond acceptors (Lipinski definition) is 5. The minimum atomic E-state index is -0.242. The smallest absolute Gasteiger partial charge is 0.245 e. The van der Waals surface area contributed by atoms with Crippen LogP contribution in [0.4, 0.5) is 9.52 Å². The van der Waals surface area contributed by atoms with E-state index >= 15 is 0 Å². The standard InChI is InChI=1S/C26H29FN4OS/c27-22-10-8-20(9-11-22)18-24-28-26(33-29-24)31-14-4-7-23(31)25(32)30-15-12-21(13-16-30)17-19-5-2-1-3-6-19/h1-3,5-6,8-11,21,23H,4,7,12-18H2. The van der Waals surface area contributed by atoms with Crippen LogP contribution in [-0.4, -0.2) is 45.8 Å². The molecule has 0 radical (unpaired) electrons. The number of halogens is 1. The summed E-state index contributed by atoms with van der Waals surface area (Å²) in [6.07, 6.45) is 5.66. The zero-order chi connectivity index (χ0) is 22.6. The number of amides is 1. The van der Waals surface area contributed by atoms with Crippen molar-refractivity contribution in [3.05, 3.63) is 77.4 Å². The van der Waals surface area contributed by atoms with Crippen molar-refractivity contribution in [3.8, 4) is 0 Å². The van der Waals surface area contributed by atoms with Crippen LogP contribution in [0.15, 0.2) is 54.6 Å². The summed E-state index contributed by atoms with van der Waals surface area (Å²) in [4.78, 5) is 22.3. The Hall–Kier alpha value is -2.80. The lowest BCUT2D eigenvalue weighted by Gasteiger charge is -2.35. The summed E-state index contributed by atoms with van der Waals surface area (Å²) < 4.78 is 17.7. The summed E-state index contributed by atoms with van der Waals surface area (Å²) in [7, 11) is 0. The molecule has 3 heterocycles. The second-order valence-electron chi connectivity index (χ2n) is 9.11. The van der Waals surface area contributed by atoms with Gasteiger partial charge < -0.3 is 9.80 Å². The van der Waals surface area contributed by atoms with E-state index in [0.29, 0.717) is 12.3 Å². The third-order valence-corrected chi connectivity index (χ3v) is 7.60. The molecule has 1 unspecified atom stereocenters. The Kier molecular flexibility index (Phi) is 6.67. The van der Waals surface area contributed by atoms with E-state index in [1.165, 1.54) is 29.2 Å². The van der Waals surface area contributed by atoms with Gasteiger partial charge in [-0.3, -0.25) is 4.79 Å². The van der Waals surface area contributed by atoms with Crippen LogP contribution < -0.4 is 4.90 Å². The topological polar surface area (TPSA) is 49.3 Å². The van der Waals surface area contributed by atoms with Gasteiger partial charge in [0.1, 0.15) is 17.7 Å². The van der Waals surface area contributed by atoms with E-state index in [-0.39, 0.29) is 17.8 Å². The molecule has 5 rings (SSSR count). The van der Waals surface area contributed by atoms with E-state index in [0.717, 1.165) is 68.3 Å². The molecule has 1 atom stereocenters. The van der Waals surface area contributed by atoms with Crippen molar-refractivity contribution in [2.45, 2.75) is 44.6 Å². The Morgan fingerprint density at radius 3 is 2.48 bits per heavy atom. The van der Waals surface area contributed by atoms with Gasteiger partial charge in [0.05, 0.1) is 0 Å². The molecule has 2 aromatic carbocycles. The van der Waals surface area contributed by atoms with Gasteiger partial charge in [-0.1, -0.05) is 42.5 Å². The van der Waals surface area contributed by atoms with E-state index in [1.807, 2.05) is 0 Å². The molecule has 2 aliphatic heterocycles. The Morgan fingerprint density at radius 1 is 0.970 bits per heavy atom. The maximum Gasteiger partial charge on any atom is 0.245 e. The number of hydrogen-bond donors (Lipinski definition) is 0. The predicted molar refractivity (Wildman–Crippen MR) is 129 cm³/mol. The monoisotopic (exact) mass is 464 g/mol. The second kappa shape index (κ2) is 10.00. The lowest BCUT2D eigenvalue weighted by atomic mass is 9.90. The number of benzene rings is 2. The van der Waals surface area contributed by atoms with Crippen molar-refractivity contribution >= 4 is 22.6 Å². The van der Waals surface area contributed by atoms with E-state index in [2.05, 4.69) is 44.5 Å². The summed E-state index contributed by atoms with van der Waals surface area (Å²) in [5.74, 6) is 1.36. The molecule has 7 heteroatoms. The van der Waals surface area contributed by atoms with Gasteiger partial charge in [-0.05, 0) is 61.3 Å². The summed E-state index contributed by atoms with van der Waals surface area (Å²) in [6.45, 7) is 2.52. The first kappa shape index (κ1) is 22.0. The number of aromatic nitrogens is 2. The molecule has 3 aromatic rings. The molecular formula is C26H29FN4OS. The van der Waals surface area contributed by atoms with Crippen molar-refractivity contribution < 1.29 is 9.18 Å². The third kappa shape index (κ3) is 5.24. The van der Waals surface area contributed by atoms with Crippen LogP contribution in [0.5, 0.6) is 0 Å². The zero-order valence-electron chi connectivity index (χ0n) is 18.7. The summed E-state index contributed by atoms with van der Waals surface area (Å²) in [5.41, 5.74) is 2.37. The third-order valence-electron chi connectivity index (χ3n) is 6.81. The van der Waals surface area contributed by atoms with Gasteiger partial charge in [0, 0.05) is 37.6 Å². The molecule has 33 heavy (non-hydrogen) atoms. The number of anilines is 1. The lowest BCUT2D eigenvalue weighted by molar-refractivity contribution is -0.133. The fourth-order valence-corrected chi connectivity index (χ4v) is 5.75. The highest BCUT2D eigenvalue weighted by molar-refractivity contribution is 7.09. The van der Waals surface area contributed by atoms with Gasteiger partial charge in [-0.25, -0.2) is 9.37 Å². The van der Waals surface area contributed by atoms with Gasteiger partial charge in [0.2, 0.25) is 11.0 Å². The average Bonchev–Trinajstić information content (AvgIpc) is 3.51. The summed E-state index contributed by atoms with van der Waals surface area (Å²) in [6, 6.07) is 17.0. The van der Waals surface area contributed by atoms with E-state index in [4.69, 9.17) is 4.98 Å². The van der Waals surface area contributed by atoms with Gasteiger partial charge in [0.15, 0.2) is 0 Å². The fraction of sp³-hybridized carbons (Fsp3) is 0.423. The Labute approximate surface area is 198 Å². The number of rotatable bonds is 6. The highest BCUT2D eigenvalue weighted by Gasteiger charge is 2.36. The van der Waals surface area contributed by atoms with Gasteiger partial charge in [-0.15, -0.1) is 0 Å². The minimum Gasteiger partial charge on any atom is -0.341 e. The largest absolute Gasteiger partial charge is 0.341 e. The van der Waals surface area contributed by atoms with Crippen molar-refractivity contribution in [2.24, 2.45) is 5.92 Å². The van der Waals surface area contributed by atoms with Crippen molar-refractivity contribution in [2.75, 3.05) is 24.5 Å². The molecule has 0 spiro atoms. The molecule has 2 fully saturated rings. The first-order chi connectivity index (χ1) is 16.2. The van der Waals surface area contributed by atoms with Crippen LogP contribution >= 0.6 is 11.5 Å². The number of carbonyl (C=O) groups excluding carboxylic acids is 1. The zero-order valence-corrected chi connectivity index (χ0v) is 19.5. The molecule has 0 saturated carbocycles. The Balaban J connectivity index is 1.18. The summed E-state index contributed by atoms with van der Waals surface area (Å²) in [5, 5.41) is 0.821. The van der Waals surface area contributed by atoms with Crippen LogP contribution in [0.2, 0.25) is 0 Å². The van der Waals surface area contributed by atoms with Crippen LogP contribution in [0, 0.1) is 11.7 Å². The summed E-state index contributed by atoms with van der Waals surface area (Å²) >= 11 is 1.36. The minimum absolute atomic E-state index is 0.137. The number of likely N-dealkylation sites (tertiary alicyclic amines) is 1. The lowest BCUT2D eigenvalue weighted by Crippen LogP contribution is -2.48. The predicted octanol–water partition coefficient (Wildman–Crippen LogP) is 4.72. The van der Waals surface area contributed by atoms with Gasteiger partial charge in [0.25, 0.3) is 0 Å². The van der Waals surface area contributed by atoms with Gasteiger partial charge >= 0.3 is 0 Å². The fourth-order valence-electron chi connectivity index (χ4n) is 4.99. The SMILES string of the molecule is O=C(C1CCCN1c1nc(Cc2ccc(F)cc2)ns1)N1CCC(Cc2ccccc2)CC1. The molecule has 0 N–H and O–H groups in total. The molecule has 5 nitrogen and oxygen atoms in total. The van der Waals surface area contributed by atoms with Crippen molar-refractivity contribution in [1.29, 1.82) is 0 Å². The van der Waals surface area contributed by atoms with Crippen LogP contribution in [0.25, 0.3) is 0 Å². The first-order valence-electron chi connectivity index (χ1n) is 11.8. The van der Waals surface area contributed by atoms with E-state index in [1.54, 1.807) is 12.1 Å². The molecular weight excluding hydrogens is 435 g/mol. The molecule has 2 saturated heterocycles. The van der Waals surface area contributed by atoms with Crippen molar-refractivity contribution in [1.82, 2.24) is 14.3 Å². The molecule has 0 aliphatic carbocycles. The Bertz CT molecular complexity index is 1060. The first-order valence-corrected chi connectivity index (χ1v) is 12.6. The maximum atomic E-state index is 13.4. The second-order valence-corrected chi connectivity index (χ2v) is 9.84. The highest BCUT2D eigenvalue weighted by Crippen LogP contribution is 2.30. The highest BCUT2D eigenvalue weighted by atomic mass is 32.1. The molecule has 0 bridgehead atoms. The molecule has 2 aliphatic rings. The molecule has 172 valence electrons. The molecule has 1 amide bonds. The number of nitrogens with zero attached hydrogens (tertiary/aromatic N) is 4. The van der Waals surface area contributed by atoms with Gasteiger partial charge in [-0.2, -0.15) is 4.37 Å². The molecule has 1 aromatic heterocycles. The number of piperidine rings is 1. The average molecular weight is 465 g/mol. The van der Waals surface area contributed by atoms with Crippen molar-refractivity contribution in [3.63, 3.8) is 0 Å². The van der Waals surface area contributed by atoms with Crippen LogP contribution in [0.3, 0.4) is 0 Å². The van der Waals surface area contributed by atoms with Crippen LogP contribution in [-0.2, 0) is 17.6 Å². The normalized spacial score (nSPS) is 19.2. The van der Waals surface area contributed by atoms with E-state index < -0.39 is 0 Å². The quantitative estimate of drug-likeness (QED) is 0.530. The maximum absolute atomic E-state index is 13.4.